The summed E-state index contributed by atoms with van der Waals surface area (Å²) in [5, 5.41) is 2.67. The average Bonchev–Trinajstić information content (AvgIpc) is 2.42. The first kappa shape index (κ1) is 19.2. The SMILES string of the molecule is NC(=O)CCC(N)C(=O)NCCOCCCCCCS. The van der Waals surface area contributed by atoms with E-state index >= 15 is 0 Å². The smallest absolute Gasteiger partial charge is 0.237 e. The number of carbonyl (C=O) groups excluding carboxylic acids is 2. The fourth-order valence-electron chi connectivity index (χ4n) is 1.58. The zero-order valence-electron chi connectivity index (χ0n) is 12.0. The molecule has 0 heterocycles. The highest BCUT2D eigenvalue weighted by molar-refractivity contribution is 7.80. The lowest BCUT2D eigenvalue weighted by Gasteiger charge is -2.11. The minimum absolute atomic E-state index is 0.122. The summed E-state index contributed by atoms with van der Waals surface area (Å²) in [6.07, 6.45) is 4.88. The molecule has 0 aromatic heterocycles. The minimum atomic E-state index is -0.691. The Bertz CT molecular complexity index is 278. The van der Waals surface area contributed by atoms with Crippen molar-refractivity contribution in [2.75, 3.05) is 25.5 Å². The van der Waals surface area contributed by atoms with Gasteiger partial charge in [0.1, 0.15) is 0 Å². The highest BCUT2D eigenvalue weighted by Crippen LogP contribution is 2.00. The number of unbranched alkanes of at least 4 members (excludes halogenated alkanes) is 3. The number of nitrogens with two attached hydrogens (primary N) is 2. The molecule has 1 atom stereocenters. The van der Waals surface area contributed by atoms with E-state index in [1.165, 1.54) is 6.42 Å². The molecule has 0 aromatic carbocycles. The summed E-state index contributed by atoms with van der Waals surface area (Å²) < 4.78 is 5.39. The minimum Gasteiger partial charge on any atom is -0.380 e. The maximum Gasteiger partial charge on any atom is 0.237 e. The van der Waals surface area contributed by atoms with Gasteiger partial charge in [-0.05, 0) is 25.0 Å². The number of hydrogen-bond acceptors (Lipinski definition) is 5. The molecule has 0 saturated carbocycles. The van der Waals surface area contributed by atoms with Crippen molar-refractivity contribution in [3.05, 3.63) is 0 Å². The number of hydrogen-bond donors (Lipinski definition) is 4. The van der Waals surface area contributed by atoms with Crippen LogP contribution in [0.5, 0.6) is 0 Å². The van der Waals surface area contributed by atoms with Crippen LogP contribution in [0, 0.1) is 0 Å². The normalized spacial score (nSPS) is 12.1. The topological polar surface area (TPSA) is 107 Å². The second-order valence-corrected chi connectivity index (χ2v) is 5.10. The second kappa shape index (κ2) is 13.2. The molecule has 0 aliphatic heterocycles. The quantitative estimate of drug-likeness (QED) is 0.288. The largest absolute Gasteiger partial charge is 0.380 e. The molecule has 118 valence electrons. The van der Waals surface area contributed by atoms with Gasteiger partial charge >= 0.3 is 0 Å². The number of amides is 2. The summed E-state index contributed by atoms with van der Waals surface area (Å²) in [5.41, 5.74) is 10.6. The first-order chi connectivity index (χ1) is 9.57. The predicted octanol–water partition coefficient (Wildman–Crippen LogP) is 0.202. The van der Waals surface area contributed by atoms with E-state index in [9.17, 15) is 9.59 Å². The van der Waals surface area contributed by atoms with Gasteiger partial charge in [-0.2, -0.15) is 12.6 Å². The van der Waals surface area contributed by atoms with Gasteiger partial charge in [0.2, 0.25) is 11.8 Å². The Balaban J connectivity index is 3.36. The highest BCUT2D eigenvalue weighted by atomic mass is 32.1. The molecular weight excluding hydrogens is 278 g/mol. The van der Waals surface area contributed by atoms with Crippen LogP contribution in [0.15, 0.2) is 0 Å². The molecule has 20 heavy (non-hydrogen) atoms. The first-order valence-electron chi connectivity index (χ1n) is 7.08. The van der Waals surface area contributed by atoms with Crippen LogP contribution >= 0.6 is 12.6 Å². The lowest BCUT2D eigenvalue weighted by atomic mass is 10.1. The number of primary amides is 1. The van der Waals surface area contributed by atoms with E-state index in [4.69, 9.17) is 16.2 Å². The monoisotopic (exact) mass is 305 g/mol. The molecule has 2 amide bonds. The van der Waals surface area contributed by atoms with Crippen LogP contribution in [-0.4, -0.2) is 43.4 Å². The Kier molecular flexibility index (Phi) is 12.7. The Morgan fingerprint density at radius 2 is 1.85 bits per heavy atom. The van der Waals surface area contributed by atoms with E-state index in [1.807, 2.05) is 0 Å². The third-order valence-electron chi connectivity index (χ3n) is 2.78. The van der Waals surface area contributed by atoms with Crippen molar-refractivity contribution in [3.8, 4) is 0 Å². The standard InChI is InChI=1S/C13H27N3O3S/c14-11(5-6-12(15)17)13(18)16-7-9-19-8-3-1-2-4-10-20/h11,20H,1-10,14H2,(H2,15,17)(H,16,18). The molecule has 1 unspecified atom stereocenters. The van der Waals surface area contributed by atoms with Gasteiger partial charge in [0.15, 0.2) is 0 Å². The van der Waals surface area contributed by atoms with Crippen molar-refractivity contribution in [3.63, 3.8) is 0 Å². The third kappa shape index (κ3) is 12.3. The van der Waals surface area contributed by atoms with Crippen LogP contribution in [0.4, 0.5) is 0 Å². The van der Waals surface area contributed by atoms with E-state index in [0.29, 0.717) is 19.8 Å². The molecule has 0 fully saturated rings. The van der Waals surface area contributed by atoms with E-state index in [1.54, 1.807) is 0 Å². The lowest BCUT2D eigenvalue weighted by molar-refractivity contribution is -0.123. The molecule has 0 radical (unpaired) electrons. The summed E-state index contributed by atoms with van der Waals surface area (Å²) in [6.45, 7) is 1.61. The number of carbonyl (C=O) groups is 2. The third-order valence-corrected chi connectivity index (χ3v) is 3.10. The van der Waals surface area contributed by atoms with Crippen molar-refractivity contribution >= 4 is 24.4 Å². The molecule has 0 aromatic rings. The van der Waals surface area contributed by atoms with E-state index in [0.717, 1.165) is 25.0 Å². The van der Waals surface area contributed by atoms with Gasteiger partial charge in [0, 0.05) is 19.6 Å². The predicted molar refractivity (Wildman–Crippen MR) is 82.6 cm³/mol. The molecule has 0 rings (SSSR count). The van der Waals surface area contributed by atoms with Crippen LogP contribution in [0.3, 0.4) is 0 Å². The molecule has 0 bridgehead atoms. The van der Waals surface area contributed by atoms with Crippen LogP contribution in [-0.2, 0) is 14.3 Å². The van der Waals surface area contributed by atoms with E-state index in [2.05, 4.69) is 17.9 Å². The lowest BCUT2D eigenvalue weighted by Crippen LogP contribution is -2.42. The molecule has 0 aliphatic carbocycles. The number of thiol groups is 1. The molecule has 6 nitrogen and oxygen atoms in total. The fourth-order valence-corrected chi connectivity index (χ4v) is 1.80. The van der Waals surface area contributed by atoms with Crippen LogP contribution in [0.1, 0.15) is 38.5 Å². The highest BCUT2D eigenvalue weighted by Gasteiger charge is 2.13. The van der Waals surface area contributed by atoms with Crippen LogP contribution in [0.25, 0.3) is 0 Å². The summed E-state index contributed by atoms with van der Waals surface area (Å²) >= 11 is 4.15. The van der Waals surface area contributed by atoms with Gasteiger partial charge in [-0.3, -0.25) is 9.59 Å². The summed E-state index contributed by atoms with van der Waals surface area (Å²) in [4.78, 5) is 22.1. The van der Waals surface area contributed by atoms with Crippen molar-refractivity contribution in [1.82, 2.24) is 5.32 Å². The second-order valence-electron chi connectivity index (χ2n) is 4.65. The van der Waals surface area contributed by atoms with Gasteiger partial charge in [0.05, 0.1) is 12.6 Å². The molecule has 0 saturated heterocycles. The van der Waals surface area contributed by atoms with Gasteiger partial charge < -0.3 is 21.5 Å². The van der Waals surface area contributed by atoms with E-state index < -0.39 is 11.9 Å². The Labute approximate surface area is 126 Å². The zero-order valence-corrected chi connectivity index (χ0v) is 12.9. The van der Waals surface area contributed by atoms with Gasteiger partial charge in [-0.25, -0.2) is 0 Å². The Morgan fingerprint density at radius 3 is 2.50 bits per heavy atom. The van der Waals surface area contributed by atoms with Crippen molar-refractivity contribution < 1.29 is 14.3 Å². The van der Waals surface area contributed by atoms with Crippen molar-refractivity contribution in [1.29, 1.82) is 0 Å². The van der Waals surface area contributed by atoms with E-state index in [-0.39, 0.29) is 18.7 Å². The summed E-state index contributed by atoms with van der Waals surface area (Å²) in [7, 11) is 0. The van der Waals surface area contributed by atoms with Crippen LogP contribution in [0.2, 0.25) is 0 Å². The molecular formula is C13H27N3O3S. The van der Waals surface area contributed by atoms with Crippen LogP contribution < -0.4 is 16.8 Å². The average molecular weight is 305 g/mol. The fraction of sp³-hybridized carbons (Fsp3) is 0.846. The molecule has 0 spiro atoms. The van der Waals surface area contributed by atoms with Gasteiger partial charge in [-0.1, -0.05) is 12.8 Å². The number of nitrogens with one attached hydrogen (secondary N) is 1. The maximum atomic E-state index is 11.5. The zero-order chi connectivity index (χ0) is 15.2. The Hall–Kier alpha value is -0.790. The summed E-state index contributed by atoms with van der Waals surface area (Å²) in [5.74, 6) is 0.209. The number of rotatable bonds is 13. The first-order valence-corrected chi connectivity index (χ1v) is 7.71. The van der Waals surface area contributed by atoms with Crippen molar-refractivity contribution in [2.45, 2.75) is 44.6 Å². The summed E-state index contributed by atoms with van der Waals surface area (Å²) in [6, 6.07) is -0.691. The van der Waals surface area contributed by atoms with Gasteiger partial charge in [0.25, 0.3) is 0 Å². The maximum absolute atomic E-state index is 11.5. The molecule has 0 aliphatic rings. The number of ether oxygens (including phenoxy) is 1. The van der Waals surface area contributed by atoms with Crippen molar-refractivity contribution in [2.24, 2.45) is 11.5 Å². The van der Waals surface area contributed by atoms with Gasteiger partial charge in [-0.15, -0.1) is 0 Å². The molecule has 5 N–H and O–H groups in total. The molecule has 7 heteroatoms. The Morgan fingerprint density at radius 1 is 1.15 bits per heavy atom.